The van der Waals surface area contributed by atoms with Crippen LogP contribution in [-0.2, 0) is 10.0 Å². The summed E-state index contributed by atoms with van der Waals surface area (Å²) in [5.41, 5.74) is 6.69. The highest BCUT2D eigenvalue weighted by Crippen LogP contribution is 2.28. The normalized spacial score (nSPS) is 11.6. The van der Waals surface area contributed by atoms with E-state index < -0.39 is 15.9 Å². The van der Waals surface area contributed by atoms with Crippen molar-refractivity contribution in [2.75, 3.05) is 12.4 Å². The highest BCUT2D eigenvalue weighted by molar-refractivity contribution is 7.90. The van der Waals surface area contributed by atoms with Crippen molar-refractivity contribution in [1.82, 2.24) is 18.9 Å². The molecule has 170 valence electrons. The lowest BCUT2D eigenvalue weighted by Gasteiger charge is -2.11. The number of carbonyl (C=O) groups excluding carboxylic acids is 1. The number of ether oxygens (including phenoxy) is 1. The van der Waals surface area contributed by atoms with Gasteiger partial charge in [-0.2, -0.15) is 4.98 Å². The van der Waals surface area contributed by atoms with Gasteiger partial charge in [0.2, 0.25) is 5.95 Å². The van der Waals surface area contributed by atoms with Crippen LogP contribution in [0.15, 0.2) is 78.1 Å². The molecule has 0 aliphatic rings. The van der Waals surface area contributed by atoms with Crippen LogP contribution in [0.3, 0.4) is 0 Å². The van der Waals surface area contributed by atoms with Crippen molar-refractivity contribution in [3.8, 4) is 5.75 Å². The van der Waals surface area contributed by atoms with E-state index in [4.69, 9.17) is 10.5 Å². The number of hydrogen-bond donors (Lipinski definition) is 2. The number of anilines is 2. The number of carbonyl (C=O) groups is 1. The molecule has 1 amide bonds. The fourth-order valence-electron chi connectivity index (χ4n) is 3.64. The van der Waals surface area contributed by atoms with Gasteiger partial charge in [0.25, 0.3) is 15.9 Å². The van der Waals surface area contributed by atoms with E-state index in [0.29, 0.717) is 22.0 Å². The maximum Gasteiger partial charge on any atom is 0.271 e. The van der Waals surface area contributed by atoms with E-state index >= 15 is 0 Å². The number of nitrogens with two attached hydrogens (primary N) is 1. The number of fused-ring (bicyclic) bond motifs is 2. The van der Waals surface area contributed by atoms with E-state index in [1.807, 2.05) is 0 Å². The van der Waals surface area contributed by atoms with Crippen molar-refractivity contribution in [2.45, 2.75) is 4.90 Å². The number of hydrogen-bond acceptors (Lipinski definition) is 8. The van der Waals surface area contributed by atoms with Crippen LogP contribution in [0.25, 0.3) is 21.9 Å². The first kappa shape index (κ1) is 21.3. The molecule has 10 nitrogen and oxygen atoms in total. The quantitative estimate of drug-likeness (QED) is 0.382. The molecule has 0 saturated carbocycles. The molecule has 11 heteroatoms. The molecular weight excluding hydrogens is 456 g/mol. The van der Waals surface area contributed by atoms with Crippen molar-refractivity contribution >= 4 is 49.5 Å². The fraction of sp³-hybridized carbons (Fsp3) is 0.0435. The Bertz CT molecular complexity index is 1670. The number of pyridine rings is 1. The van der Waals surface area contributed by atoms with Gasteiger partial charge in [0.05, 0.1) is 18.2 Å². The fourth-order valence-corrected chi connectivity index (χ4v) is 5.11. The number of benzene rings is 2. The highest BCUT2D eigenvalue weighted by atomic mass is 32.2. The van der Waals surface area contributed by atoms with Crippen LogP contribution in [0.2, 0.25) is 0 Å². The minimum atomic E-state index is -4.00. The Morgan fingerprint density at radius 2 is 1.88 bits per heavy atom. The number of methoxy groups -OCH3 is 1. The summed E-state index contributed by atoms with van der Waals surface area (Å²) < 4.78 is 33.4. The zero-order chi connectivity index (χ0) is 23.9. The molecule has 0 spiro atoms. The summed E-state index contributed by atoms with van der Waals surface area (Å²) in [6.45, 7) is 0. The molecule has 0 saturated heterocycles. The van der Waals surface area contributed by atoms with Crippen LogP contribution < -0.4 is 15.8 Å². The Hall–Kier alpha value is -4.51. The third kappa shape index (κ3) is 3.57. The second-order valence-corrected chi connectivity index (χ2v) is 9.11. The van der Waals surface area contributed by atoms with E-state index in [-0.39, 0.29) is 27.8 Å². The Morgan fingerprint density at radius 3 is 2.68 bits per heavy atom. The summed E-state index contributed by atoms with van der Waals surface area (Å²) in [5, 5.41) is 4.26. The van der Waals surface area contributed by atoms with Gasteiger partial charge in [-0.25, -0.2) is 17.4 Å². The first-order valence-corrected chi connectivity index (χ1v) is 11.5. The third-order valence-corrected chi connectivity index (χ3v) is 6.95. The lowest BCUT2D eigenvalue weighted by Crippen LogP contribution is -2.14. The van der Waals surface area contributed by atoms with Gasteiger partial charge in [-0.15, -0.1) is 0 Å². The number of rotatable bonds is 6. The second-order valence-electron chi connectivity index (χ2n) is 7.32. The van der Waals surface area contributed by atoms with Crippen molar-refractivity contribution in [1.29, 1.82) is 0 Å². The molecule has 3 heterocycles. The molecule has 34 heavy (non-hydrogen) atoms. The molecule has 3 aromatic heterocycles. The van der Waals surface area contributed by atoms with E-state index in [9.17, 15) is 13.2 Å². The topological polar surface area (TPSA) is 142 Å². The molecule has 0 radical (unpaired) electrons. The van der Waals surface area contributed by atoms with E-state index in [1.165, 1.54) is 31.6 Å². The molecule has 5 aromatic rings. The maximum atomic E-state index is 13.6. The van der Waals surface area contributed by atoms with Gasteiger partial charge in [0.15, 0.2) is 5.65 Å². The number of aromatic nitrogens is 4. The van der Waals surface area contributed by atoms with Gasteiger partial charge in [-0.3, -0.25) is 9.78 Å². The predicted molar refractivity (Wildman–Crippen MR) is 127 cm³/mol. The first-order valence-electron chi connectivity index (χ1n) is 10.1. The first-order chi connectivity index (χ1) is 16.4. The number of nitrogens with zero attached hydrogens (tertiary/aromatic N) is 4. The van der Waals surface area contributed by atoms with Gasteiger partial charge in [-0.05, 0) is 30.3 Å². The molecular formula is C23H18N6O4S. The summed E-state index contributed by atoms with van der Waals surface area (Å²) in [6.07, 6.45) is 4.51. The Kier molecular flexibility index (Phi) is 5.10. The van der Waals surface area contributed by atoms with Crippen LogP contribution in [0.5, 0.6) is 5.75 Å². The van der Waals surface area contributed by atoms with E-state index in [2.05, 4.69) is 20.3 Å². The zero-order valence-corrected chi connectivity index (χ0v) is 18.7. The van der Waals surface area contributed by atoms with Crippen molar-refractivity contribution < 1.29 is 17.9 Å². The monoisotopic (exact) mass is 474 g/mol. The van der Waals surface area contributed by atoms with Gasteiger partial charge in [0, 0.05) is 41.1 Å². The van der Waals surface area contributed by atoms with Gasteiger partial charge in [0.1, 0.15) is 10.6 Å². The number of amides is 1. The highest BCUT2D eigenvalue weighted by Gasteiger charge is 2.23. The Morgan fingerprint density at radius 1 is 1.06 bits per heavy atom. The number of nitrogens with one attached hydrogen (secondary N) is 1. The van der Waals surface area contributed by atoms with Crippen molar-refractivity contribution in [3.63, 3.8) is 0 Å². The molecule has 2 aromatic carbocycles. The molecule has 0 aliphatic heterocycles. The Labute approximate surface area is 194 Å². The SMILES string of the molecule is COc1cc(Nc2ncc3ccn(S(=O)(=O)c4cccc5cccnc45)c3n2)ccc1C(N)=O. The summed E-state index contributed by atoms with van der Waals surface area (Å²) in [6, 6.07) is 14.9. The average molecular weight is 475 g/mol. The summed E-state index contributed by atoms with van der Waals surface area (Å²) >= 11 is 0. The van der Waals surface area contributed by atoms with E-state index in [1.54, 1.807) is 48.7 Å². The molecule has 3 N–H and O–H groups in total. The standard InChI is InChI=1S/C23H18N6O4S/c1-33-18-12-16(7-8-17(18)21(24)30)27-23-26-13-15-9-11-29(22(15)28-23)34(31,32)19-6-2-4-14-5-3-10-25-20(14)19/h2-13H,1H3,(H2,24,30)(H,26,27,28). The largest absolute Gasteiger partial charge is 0.496 e. The average Bonchev–Trinajstić information content (AvgIpc) is 3.27. The van der Waals surface area contributed by atoms with Crippen LogP contribution in [0.4, 0.5) is 11.6 Å². The van der Waals surface area contributed by atoms with E-state index in [0.717, 1.165) is 3.97 Å². The smallest absolute Gasteiger partial charge is 0.271 e. The summed E-state index contributed by atoms with van der Waals surface area (Å²) in [7, 11) is -2.57. The minimum Gasteiger partial charge on any atom is -0.496 e. The summed E-state index contributed by atoms with van der Waals surface area (Å²) in [4.78, 5) is 24.5. The molecule has 0 atom stereocenters. The lowest BCUT2D eigenvalue weighted by atomic mass is 10.1. The Balaban J connectivity index is 1.57. The number of para-hydroxylation sites is 1. The minimum absolute atomic E-state index is 0.0722. The van der Waals surface area contributed by atoms with Crippen LogP contribution >= 0.6 is 0 Å². The van der Waals surface area contributed by atoms with Gasteiger partial charge in [-0.1, -0.05) is 18.2 Å². The molecule has 0 unspecified atom stereocenters. The van der Waals surface area contributed by atoms with Gasteiger partial charge >= 0.3 is 0 Å². The molecule has 0 aliphatic carbocycles. The van der Waals surface area contributed by atoms with Crippen molar-refractivity contribution in [3.05, 3.63) is 78.8 Å². The van der Waals surface area contributed by atoms with Crippen LogP contribution in [0, 0.1) is 0 Å². The van der Waals surface area contributed by atoms with Crippen molar-refractivity contribution in [2.24, 2.45) is 5.73 Å². The predicted octanol–water partition coefficient (Wildman–Crippen LogP) is 3.07. The van der Waals surface area contributed by atoms with Crippen LogP contribution in [0.1, 0.15) is 10.4 Å². The lowest BCUT2D eigenvalue weighted by molar-refractivity contribution is 0.0997. The van der Waals surface area contributed by atoms with Crippen LogP contribution in [-0.4, -0.2) is 40.4 Å². The molecule has 0 fully saturated rings. The summed E-state index contributed by atoms with van der Waals surface area (Å²) in [5.74, 6) is -0.174. The molecule has 0 bridgehead atoms. The zero-order valence-electron chi connectivity index (χ0n) is 17.8. The second kappa shape index (κ2) is 8.12. The third-order valence-electron chi connectivity index (χ3n) is 5.25. The number of primary amides is 1. The molecule has 5 rings (SSSR count). The maximum absolute atomic E-state index is 13.6. The van der Waals surface area contributed by atoms with Gasteiger partial charge < -0.3 is 15.8 Å².